The van der Waals surface area contributed by atoms with E-state index < -0.39 is 0 Å². The first-order valence-corrected chi connectivity index (χ1v) is 7.65. The lowest BCUT2D eigenvalue weighted by molar-refractivity contribution is -0.139. The van der Waals surface area contributed by atoms with Gasteiger partial charge in [0.05, 0.1) is 12.2 Å². The molecular weight excluding hydrogens is 294 g/mol. The summed E-state index contributed by atoms with van der Waals surface area (Å²) >= 11 is 3.56. The Bertz CT molecular complexity index is 284. The maximum Gasteiger partial charge on any atom is 0.335 e. The number of ether oxygens (including phenoxy) is 1. The van der Waals surface area contributed by atoms with E-state index in [-0.39, 0.29) is 5.97 Å². The molecule has 0 heterocycles. The number of rotatable bonds is 8. The van der Waals surface area contributed by atoms with Crippen molar-refractivity contribution in [3.05, 3.63) is 11.3 Å². The van der Waals surface area contributed by atoms with Gasteiger partial charge in [-0.15, -0.1) is 0 Å². The van der Waals surface area contributed by atoms with Gasteiger partial charge in [0.15, 0.2) is 0 Å². The van der Waals surface area contributed by atoms with Crippen molar-refractivity contribution in [3.8, 4) is 0 Å². The second-order valence-electron chi connectivity index (χ2n) is 4.36. The molecule has 0 aromatic rings. The maximum absolute atomic E-state index is 11.9. The Kier molecular flexibility index (Phi) is 9.16. The number of nitrogens with zero attached hydrogens (tertiary/aromatic N) is 1. The van der Waals surface area contributed by atoms with Crippen molar-refractivity contribution in [2.24, 2.45) is 0 Å². The Balaban J connectivity index is 5.04. The van der Waals surface area contributed by atoms with Gasteiger partial charge in [0.2, 0.25) is 0 Å². The van der Waals surface area contributed by atoms with Crippen LogP contribution in [-0.2, 0) is 9.53 Å². The highest BCUT2D eigenvalue weighted by molar-refractivity contribution is 9.09. The van der Waals surface area contributed by atoms with Crippen molar-refractivity contribution < 1.29 is 9.53 Å². The molecule has 0 saturated heterocycles. The molecule has 0 aliphatic heterocycles. The van der Waals surface area contributed by atoms with Crippen molar-refractivity contribution in [3.63, 3.8) is 0 Å². The lowest BCUT2D eigenvalue weighted by Crippen LogP contribution is -2.26. The second kappa shape index (κ2) is 9.42. The summed E-state index contributed by atoms with van der Waals surface area (Å²) in [5, 5.41) is 0. The summed E-state index contributed by atoms with van der Waals surface area (Å²) in [6.45, 7) is 12.5. The van der Waals surface area contributed by atoms with Gasteiger partial charge in [0, 0.05) is 30.0 Å². The molecule has 106 valence electrons. The third kappa shape index (κ3) is 5.89. The summed E-state index contributed by atoms with van der Waals surface area (Å²) in [5.74, 6) is -0.188. The van der Waals surface area contributed by atoms with Gasteiger partial charge in [0.25, 0.3) is 0 Å². The molecule has 3 nitrogen and oxygen atoms in total. The van der Waals surface area contributed by atoms with Gasteiger partial charge in [-0.3, -0.25) is 0 Å². The van der Waals surface area contributed by atoms with Crippen LogP contribution in [0.3, 0.4) is 0 Å². The molecule has 18 heavy (non-hydrogen) atoms. The molecule has 0 N–H and O–H groups in total. The van der Waals surface area contributed by atoms with Gasteiger partial charge in [-0.05, 0) is 27.2 Å². The van der Waals surface area contributed by atoms with E-state index in [0.29, 0.717) is 11.4 Å². The van der Waals surface area contributed by atoms with Crippen LogP contribution in [0, 0.1) is 0 Å². The van der Waals surface area contributed by atoms with Crippen molar-refractivity contribution in [1.82, 2.24) is 4.90 Å². The molecule has 0 aliphatic carbocycles. The fourth-order valence-corrected chi connectivity index (χ4v) is 2.12. The highest BCUT2D eigenvalue weighted by Gasteiger charge is 2.17. The third-order valence-electron chi connectivity index (χ3n) is 2.80. The summed E-state index contributed by atoms with van der Waals surface area (Å²) in [5.41, 5.74) is 1.82. The monoisotopic (exact) mass is 319 g/mol. The number of halogens is 1. The minimum atomic E-state index is -0.188. The van der Waals surface area contributed by atoms with Gasteiger partial charge in [-0.25, -0.2) is 4.79 Å². The highest BCUT2D eigenvalue weighted by Crippen LogP contribution is 2.20. The molecule has 0 fully saturated rings. The molecule has 0 aromatic carbocycles. The Morgan fingerprint density at radius 1 is 1.28 bits per heavy atom. The Labute approximate surface area is 120 Å². The first-order valence-electron chi connectivity index (χ1n) is 6.73. The summed E-state index contributed by atoms with van der Waals surface area (Å²) in [7, 11) is 0. The van der Waals surface area contributed by atoms with E-state index in [1.807, 2.05) is 13.8 Å². The topological polar surface area (TPSA) is 29.5 Å². The van der Waals surface area contributed by atoms with Crippen LogP contribution in [0.2, 0.25) is 0 Å². The minimum absolute atomic E-state index is 0.188. The van der Waals surface area contributed by atoms with E-state index in [1.54, 1.807) is 0 Å². The van der Waals surface area contributed by atoms with Crippen LogP contribution in [-0.4, -0.2) is 35.4 Å². The van der Waals surface area contributed by atoms with Crippen molar-refractivity contribution >= 4 is 21.9 Å². The molecule has 1 atom stereocenters. The standard InChI is InChI=1S/C14H26BrNO2/c1-6-9-18-14(17)12(5)13(10-11(4)15)16(7-2)8-3/h11H,6-10H2,1-5H3. The molecule has 1 unspecified atom stereocenters. The molecule has 0 aliphatic rings. The quantitative estimate of drug-likeness (QED) is 0.388. The van der Waals surface area contributed by atoms with Crippen molar-refractivity contribution in [1.29, 1.82) is 0 Å². The molecule has 0 bridgehead atoms. The van der Waals surface area contributed by atoms with Crippen LogP contribution in [0.15, 0.2) is 11.3 Å². The van der Waals surface area contributed by atoms with Gasteiger partial charge in [0.1, 0.15) is 0 Å². The second-order valence-corrected chi connectivity index (χ2v) is 5.93. The van der Waals surface area contributed by atoms with E-state index >= 15 is 0 Å². The molecule has 0 amide bonds. The number of carbonyl (C=O) groups excluding carboxylic acids is 1. The minimum Gasteiger partial charge on any atom is -0.462 e. The molecule has 0 rings (SSSR count). The first kappa shape index (κ1) is 17.5. The number of esters is 1. The molecule has 0 saturated carbocycles. The van der Waals surface area contributed by atoms with Gasteiger partial charge < -0.3 is 9.64 Å². The predicted molar refractivity (Wildman–Crippen MR) is 79.9 cm³/mol. The SMILES string of the molecule is CCCOC(=O)C(C)=C(CC(C)Br)N(CC)CC. The number of allylic oxidation sites excluding steroid dienone is 1. The molecular formula is C14H26BrNO2. The van der Waals surface area contributed by atoms with Crippen LogP contribution < -0.4 is 0 Å². The maximum atomic E-state index is 11.9. The average molecular weight is 320 g/mol. The summed E-state index contributed by atoms with van der Waals surface area (Å²) in [4.78, 5) is 14.5. The largest absolute Gasteiger partial charge is 0.462 e. The Morgan fingerprint density at radius 3 is 2.22 bits per heavy atom. The van der Waals surface area contributed by atoms with Gasteiger partial charge >= 0.3 is 5.97 Å². The van der Waals surface area contributed by atoms with Crippen LogP contribution in [0.1, 0.15) is 47.5 Å². The molecule has 0 aromatic heterocycles. The third-order valence-corrected chi connectivity index (χ3v) is 3.12. The van der Waals surface area contributed by atoms with E-state index in [4.69, 9.17) is 4.74 Å². The van der Waals surface area contributed by atoms with Crippen LogP contribution in [0.5, 0.6) is 0 Å². The molecule has 4 heteroatoms. The lowest BCUT2D eigenvalue weighted by Gasteiger charge is -2.27. The molecule has 0 spiro atoms. The fraction of sp³-hybridized carbons (Fsp3) is 0.786. The first-order chi connectivity index (χ1) is 8.47. The van der Waals surface area contributed by atoms with Crippen LogP contribution in [0.25, 0.3) is 0 Å². The van der Waals surface area contributed by atoms with E-state index in [9.17, 15) is 4.79 Å². The predicted octanol–water partition coefficient (Wildman–Crippen LogP) is 3.73. The van der Waals surface area contributed by atoms with E-state index in [2.05, 4.69) is 41.6 Å². The number of alkyl halides is 1. The van der Waals surface area contributed by atoms with Gasteiger partial charge in [-0.2, -0.15) is 0 Å². The van der Waals surface area contributed by atoms with Crippen LogP contribution >= 0.6 is 15.9 Å². The van der Waals surface area contributed by atoms with E-state index in [0.717, 1.165) is 37.2 Å². The molecule has 0 radical (unpaired) electrons. The van der Waals surface area contributed by atoms with E-state index in [1.165, 1.54) is 0 Å². The Hall–Kier alpha value is -0.510. The van der Waals surface area contributed by atoms with Crippen molar-refractivity contribution in [2.45, 2.75) is 52.3 Å². The number of hydrogen-bond acceptors (Lipinski definition) is 3. The number of carbonyl (C=O) groups is 1. The zero-order chi connectivity index (χ0) is 14.1. The number of hydrogen-bond donors (Lipinski definition) is 0. The zero-order valence-corrected chi connectivity index (χ0v) is 13.8. The summed E-state index contributed by atoms with van der Waals surface area (Å²) in [6, 6.07) is 0. The smallest absolute Gasteiger partial charge is 0.335 e. The normalized spacial score (nSPS) is 13.9. The van der Waals surface area contributed by atoms with Crippen LogP contribution in [0.4, 0.5) is 0 Å². The fourth-order valence-electron chi connectivity index (χ4n) is 1.81. The zero-order valence-electron chi connectivity index (χ0n) is 12.3. The van der Waals surface area contributed by atoms with Gasteiger partial charge in [-0.1, -0.05) is 29.8 Å². The Morgan fingerprint density at radius 2 is 1.83 bits per heavy atom. The summed E-state index contributed by atoms with van der Waals surface area (Å²) in [6.07, 6.45) is 1.70. The van der Waals surface area contributed by atoms with Crippen molar-refractivity contribution in [2.75, 3.05) is 19.7 Å². The average Bonchev–Trinajstić information content (AvgIpc) is 2.34. The highest BCUT2D eigenvalue weighted by atomic mass is 79.9. The summed E-state index contributed by atoms with van der Waals surface area (Å²) < 4.78 is 5.22. The lowest BCUT2D eigenvalue weighted by atomic mass is 10.1.